The van der Waals surface area contributed by atoms with E-state index in [1.807, 2.05) is 0 Å². The van der Waals surface area contributed by atoms with E-state index in [4.69, 9.17) is 0 Å². The highest BCUT2D eigenvalue weighted by Crippen LogP contribution is 1.96. The highest BCUT2D eigenvalue weighted by molar-refractivity contribution is 6.59. The van der Waals surface area contributed by atoms with Crippen molar-refractivity contribution in [2.45, 2.75) is 19.1 Å². The maximum atomic E-state index is 11.1. The summed E-state index contributed by atoms with van der Waals surface area (Å²) in [4.78, 5) is 12.6. The Morgan fingerprint density at radius 2 is 2.20 bits per heavy atom. The van der Waals surface area contributed by atoms with Gasteiger partial charge in [-0.3, -0.25) is 4.79 Å². The zero-order chi connectivity index (χ0) is 8.15. The first-order valence-corrected chi connectivity index (χ1v) is 6.58. The fraction of sp³-hybridized carbons (Fsp3) is 0.571. The summed E-state index contributed by atoms with van der Waals surface area (Å²) in [6.07, 6.45) is 1.55. The van der Waals surface area contributed by atoms with E-state index in [0.29, 0.717) is 0 Å². The number of carbonyl (C=O) groups excluding carboxylic acids is 1. The largest absolute Gasteiger partial charge is 0.323 e. The first kappa shape index (κ1) is 9.43. The van der Waals surface area contributed by atoms with Crippen LogP contribution >= 0.6 is 0 Å². The van der Waals surface area contributed by atoms with Gasteiger partial charge in [0.1, 0.15) is 0 Å². The Bertz CT molecular complexity index is 134. The maximum Gasteiger partial charge on any atom is 0.223 e. The lowest BCUT2D eigenvalue weighted by atomic mass is 10.6. The van der Waals surface area contributed by atoms with Gasteiger partial charge in [0.2, 0.25) is 5.91 Å². The van der Waals surface area contributed by atoms with Crippen LogP contribution in [0.4, 0.5) is 0 Å². The highest BCUT2D eigenvalue weighted by atomic mass is 28.3. The molecule has 10 heavy (non-hydrogen) atoms. The molecule has 0 atom stereocenters. The van der Waals surface area contributed by atoms with Crippen molar-refractivity contribution in [1.82, 2.24) is 4.90 Å². The minimum Gasteiger partial charge on any atom is -0.323 e. The van der Waals surface area contributed by atoms with Crippen molar-refractivity contribution in [3.05, 3.63) is 12.8 Å². The third-order valence-electron chi connectivity index (χ3n) is 1.25. The lowest BCUT2D eigenvalue weighted by molar-refractivity contribution is -0.125. The van der Waals surface area contributed by atoms with E-state index in [2.05, 4.69) is 19.7 Å². The summed E-state index contributed by atoms with van der Waals surface area (Å²) in [6.45, 7) is 7.83. The van der Waals surface area contributed by atoms with Crippen LogP contribution in [0, 0.1) is 0 Å². The molecule has 3 heteroatoms. The molecule has 0 aromatic rings. The summed E-state index contributed by atoms with van der Waals surface area (Å²) in [5.74, 6) is 0.191. The fourth-order valence-corrected chi connectivity index (χ4v) is 1.58. The molecular weight excluding hydrogens is 142 g/mol. The van der Waals surface area contributed by atoms with Gasteiger partial charge < -0.3 is 4.90 Å². The van der Waals surface area contributed by atoms with E-state index >= 15 is 0 Å². The highest BCUT2D eigenvalue weighted by Gasteiger charge is 2.07. The molecule has 2 nitrogen and oxygen atoms in total. The van der Waals surface area contributed by atoms with Crippen molar-refractivity contribution in [2.75, 3.05) is 7.05 Å². The molecule has 0 aromatic carbocycles. The molecule has 58 valence electrons. The van der Waals surface area contributed by atoms with Crippen molar-refractivity contribution >= 4 is 14.7 Å². The summed E-state index contributed by atoms with van der Waals surface area (Å²) in [6, 6.07) is 0.739. The Balaban J connectivity index is 3.73. The molecular formula is C7H15NOSi. The van der Waals surface area contributed by atoms with Gasteiger partial charge >= 0.3 is 0 Å². The Labute approximate surface area is 64.1 Å². The predicted octanol–water partition coefficient (Wildman–Crippen LogP) is 1.07. The van der Waals surface area contributed by atoms with Crippen LogP contribution in [-0.4, -0.2) is 26.7 Å². The molecule has 0 saturated carbocycles. The number of hydrogen-bond donors (Lipinski definition) is 0. The molecule has 0 spiro atoms. The number of amides is 1. The lowest BCUT2D eigenvalue weighted by Gasteiger charge is -2.11. The summed E-state index contributed by atoms with van der Waals surface area (Å²) in [7, 11) is 1.00. The van der Waals surface area contributed by atoms with Crippen molar-refractivity contribution in [3.8, 4) is 0 Å². The molecule has 0 aromatic heterocycles. The van der Waals surface area contributed by atoms with Crippen LogP contribution < -0.4 is 0 Å². The molecule has 0 aliphatic heterocycles. The molecule has 1 amide bonds. The normalized spacial score (nSPS) is 9.60. The van der Waals surface area contributed by atoms with Crippen LogP contribution in [0.3, 0.4) is 0 Å². The Kier molecular flexibility index (Phi) is 4.03. The number of hydrogen-bond acceptors (Lipinski definition) is 1. The number of rotatable bonds is 3. The lowest BCUT2D eigenvalue weighted by Crippen LogP contribution is -2.23. The predicted molar refractivity (Wildman–Crippen MR) is 46.7 cm³/mol. The number of nitrogens with zero attached hydrogens (tertiary/aromatic N) is 1. The number of carbonyl (C=O) groups is 1. The van der Waals surface area contributed by atoms with Crippen LogP contribution in [-0.2, 0) is 4.79 Å². The van der Waals surface area contributed by atoms with Crippen LogP contribution in [0.1, 0.15) is 0 Å². The molecule has 0 bridgehead atoms. The summed E-state index contributed by atoms with van der Waals surface area (Å²) >= 11 is 0. The third-order valence-corrected chi connectivity index (χ3v) is 2.42. The van der Waals surface area contributed by atoms with Crippen molar-refractivity contribution in [2.24, 2.45) is 0 Å². The second-order valence-corrected chi connectivity index (χ2v) is 5.98. The van der Waals surface area contributed by atoms with E-state index in [-0.39, 0.29) is 5.91 Å². The standard InChI is InChI=1S/C7H15NOSi/c1-5-8(2)7(9)6-10(3)4/h5,10H,1,6H2,2-4H3. The Hall–Kier alpha value is -0.573. The second-order valence-electron chi connectivity index (χ2n) is 2.79. The average molecular weight is 157 g/mol. The van der Waals surface area contributed by atoms with Gasteiger partial charge in [-0.05, 0) is 6.20 Å². The van der Waals surface area contributed by atoms with Gasteiger partial charge in [-0.25, -0.2) is 0 Å². The van der Waals surface area contributed by atoms with Crippen LogP contribution in [0.2, 0.25) is 19.1 Å². The zero-order valence-electron chi connectivity index (χ0n) is 6.92. The van der Waals surface area contributed by atoms with E-state index in [1.165, 1.54) is 0 Å². The molecule has 0 fully saturated rings. The van der Waals surface area contributed by atoms with Gasteiger partial charge in [0.25, 0.3) is 0 Å². The van der Waals surface area contributed by atoms with Crippen LogP contribution in [0.15, 0.2) is 12.8 Å². The minimum atomic E-state index is -0.737. The SMILES string of the molecule is C=CN(C)C(=O)C[SiH](C)C. The molecule has 0 aliphatic carbocycles. The van der Waals surface area contributed by atoms with Gasteiger partial charge in [-0.2, -0.15) is 0 Å². The van der Waals surface area contributed by atoms with Crippen molar-refractivity contribution in [1.29, 1.82) is 0 Å². The Morgan fingerprint density at radius 3 is 2.50 bits per heavy atom. The summed E-state index contributed by atoms with van der Waals surface area (Å²) in [5.41, 5.74) is 0. The van der Waals surface area contributed by atoms with E-state index < -0.39 is 8.80 Å². The Morgan fingerprint density at radius 1 is 1.70 bits per heavy atom. The van der Waals surface area contributed by atoms with Gasteiger partial charge in [0.05, 0.1) is 0 Å². The molecule has 0 aliphatic rings. The zero-order valence-corrected chi connectivity index (χ0v) is 8.08. The van der Waals surface area contributed by atoms with Crippen molar-refractivity contribution in [3.63, 3.8) is 0 Å². The first-order chi connectivity index (χ1) is 4.57. The molecule has 0 saturated heterocycles. The first-order valence-electron chi connectivity index (χ1n) is 3.46. The van der Waals surface area contributed by atoms with E-state index in [9.17, 15) is 4.79 Å². The fourth-order valence-electron chi connectivity index (χ4n) is 0.595. The van der Waals surface area contributed by atoms with Crippen LogP contribution in [0.5, 0.6) is 0 Å². The third kappa shape index (κ3) is 3.45. The van der Waals surface area contributed by atoms with E-state index in [0.717, 1.165) is 6.04 Å². The monoisotopic (exact) mass is 157 g/mol. The second kappa shape index (κ2) is 4.28. The minimum absolute atomic E-state index is 0.191. The van der Waals surface area contributed by atoms with Gasteiger partial charge in [-0.1, -0.05) is 19.7 Å². The van der Waals surface area contributed by atoms with E-state index in [1.54, 1.807) is 18.1 Å². The van der Waals surface area contributed by atoms with Gasteiger partial charge in [0, 0.05) is 21.9 Å². The molecule has 0 unspecified atom stereocenters. The van der Waals surface area contributed by atoms with Gasteiger partial charge in [0.15, 0.2) is 0 Å². The molecule has 0 radical (unpaired) electrons. The maximum absolute atomic E-state index is 11.1. The summed E-state index contributed by atoms with van der Waals surface area (Å²) < 4.78 is 0. The quantitative estimate of drug-likeness (QED) is 0.561. The molecule has 0 rings (SSSR count). The molecule has 0 N–H and O–H groups in total. The van der Waals surface area contributed by atoms with Crippen molar-refractivity contribution < 1.29 is 4.79 Å². The van der Waals surface area contributed by atoms with Gasteiger partial charge in [-0.15, -0.1) is 0 Å². The average Bonchev–Trinajstić information content (AvgIpc) is 1.85. The topological polar surface area (TPSA) is 20.3 Å². The smallest absolute Gasteiger partial charge is 0.223 e. The van der Waals surface area contributed by atoms with Crippen LogP contribution in [0.25, 0.3) is 0 Å². The summed E-state index contributed by atoms with van der Waals surface area (Å²) in [5, 5.41) is 0. The molecule has 0 heterocycles.